The zero-order valence-electron chi connectivity index (χ0n) is 8.94. The molecule has 3 aromatic rings. The summed E-state index contributed by atoms with van der Waals surface area (Å²) in [6.07, 6.45) is 3.41. The lowest BCUT2D eigenvalue weighted by Crippen LogP contribution is -1.98. The second-order valence-corrected chi connectivity index (χ2v) is 5.31. The summed E-state index contributed by atoms with van der Waals surface area (Å²) in [5, 5.41) is 5.49. The van der Waals surface area contributed by atoms with Crippen LogP contribution in [0.4, 0.5) is 4.39 Å². The van der Waals surface area contributed by atoms with Crippen molar-refractivity contribution in [3.05, 3.63) is 51.1 Å². The third kappa shape index (κ3) is 1.97. The molecule has 90 valence electrons. The number of nitrogens with zero attached hydrogens (tertiary/aromatic N) is 3. The molecule has 0 N–H and O–H groups in total. The lowest BCUT2D eigenvalue weighted by atomic mass is 10.3. The maximum absolute atomic E-state index is 13.4. The van der Waals surface area contributed by atoms with E-state index in [9.17, 15) is 4.39 Å². The van der Waals surface area contributed by atoms with E-state index < -0.39 is 5.82 Å². The first-order valence-corrected chi connectivity index (χ1v) is 6.55. The molecule has 18 heavy (non-hydrogen) atoms. The summed E-state index contributed by atoms with van der Waals surface area (Å²) in [7, 11) is 0. The second-order valence-electron chi connectivity index (χ2n) is 3.71. The minimum Gasteiger partial charge on any atom is -0.236 e. The van der Waals surface area contributed by atoms with Crippen molar-refractivity contribution in [2.45, 2.75) is 0 Å². The molecule has 0 fully saturated rings. The Balaban J connectivity index is 2.29. The number of hydrogen-bond donors (Lipinski definition) is 0. The van der Waals surface area contributed by atoms with Crippen LogP contribution in [0, 0.1) is 9.39 Å². The molecule has 0 saturated heterocycles. The van der Waals surface area contributed by atoms with Crippen molar-refractivity contribution in [2.24, 2.45) is 0 Å². The lowest BCUT2D eigenvalue weighted by Gasteiger charge is -2.04. The molecule has 0 saturated carbocycles. The second kappa shape index (κ2) is 4.47. The van der Waals surface area contributed by atoms with Crippen LogP contribution in [0.5, 0.6) is 0 Å². The highest BCUT2D eigenvalue weighted by Crippen LogP contribution is 2.23. The molecule has 0 unspecified atom stereocenters. The summed E-state index contributed by atoms with van der Waals surface area (Å²) in [6.45, 7) is 0. The fraction of sp³-hybridized carbons (Fsp3) is 0. The number of pyridine rings is 1. The van der Waals surface area contributed by atoms with E-state index in [0.717, 1.165) is 8.96 Å². The Morgan fingerprint density at radius 3 is 2.89 bits per heavy atom. The predicted octanol–water partition coefficient (Wildman–Crippen LogP) is 3.82. The molecule has 0 bridgehead atoms. The van der Waals surface area contributed by atoms with E-state index in [0.29, 0.717) is 16.4 Å². The maximum Gasteiger partial charge on any atom is 0.163 e. The zero-order valence-corrected chi connectivity index (χ0v) is 11.9. The van der Waals surface area contributed by atoms with Crippen molar-refractivity contribution in [1.29, 1.82) is 0 Å². The number of benzene rings is 1. The van der Waals surface area contributed by atoms with Crippen molar-refractivity contribution in [2.75, 3.05) is 0 Å². The van der Waals surface area contributed by atoms with Crippen molar-refractivity contribution in [3.8, 4) is 5.69 Å². The molecule has 1 aromatic carbocycles. The summed E-state index contributed by atoms with van der Waals surface area (Å²) in [6, 6.07) is 6.18. The topological polar surface area (TPSA) is 30.7 Å². The van der Waals surface area contributed by atoms with Crippen LogP contribution >= 0.6 is 34.2 Å². The van der Waals surface area contributed by atoms with E-state index >= 15 is 0 Å². The van der Waals surface area contributed by atoms with Crippen LogP contribution < -0.4 is 0 Å². The van der Waals surface area contributed by atoms with Crippen LogP contribution in [0.25, 0.3) is 16.7 Å². The SMILES string of the molecule is Fc1cc(Cl)cc(-n2ncc3c(I)ccnc32)c1. The van der Waals surface area contributed by atoms with Crippen LogP contribution in [0.1, 0.15) is 0 Å². The first-order chi connectivity index (χ1) is 8.65. The maximum atomic E-state index is 13.4. The Morgan fingerprint density at radius 2 is 2.11 bits per heavy atom. The molecular weight excluding hydrogens is 368 g/mol. The first-order valence-electron chi connectivity index (χ1n) is 5.10. The number of rotatable bonds is 1. The van der Waals surface area contributed by atoms with Gasteiger partial charge in [-0.1, -0.05) is 11.6 Å². The number of aromatic nitrogens is 3. The molecule has 6 heteroatoms. The Bertz CT molecular complexity index is 721. The number of halogens is 3. The van der Waals surface area contributed by atoms with Crippen LogP contribution in [0.3, 0.4) is 0 Å². The van der Waals surface area contributed by atoms with Crippen LogP contribution in [0.15, 0.2) is 36.7 Å². The summed E-state index contributed by atoms with van der Waals surface area (Å²) >= 11 is 8.06. The first kappa shape index (κ1) is 11.9. The molecule has 0 atom stereocenters. The van der Waals surface area contributed by atoms with Crippen LogP contribution in [-0.4, -0.2) is 14.8 Å². The quantitative estimate of drug-likeness (QED) is 0.607. The molecule has 0 radical (unpaired) electrons. The summed E-state index contributed by atoms with van der Waals surface area (Å²) < 4.78 is 16.0. The predicted molar refractivity (Wildman–Crippen MR) is 76.6 cm³/mol. The molecule has 3 rings (SSSR count). The molecule has 0 aliphatic carbocycles. The van der Waals surface area contributed by atoms with E-state index in [2.05, 4.69) is 32.7 Å². The Kier molecular flexibility index (Phi) is 2.95. The fourth-order valence-electron chi connectivity index (χ4n) is 1.75. The monoisotopic (exact) mass is 373 g/mol. The van der Waals surface area contributed by atoms with Crippen molar-refractivity contribution in [1.82, 2.24) is 14.8 Å². The highest BCUT2D eigenvalue weighted by molar-refractivity contribution is 14.1. The van der Waals surface area contributed by atoms with Gasteiger partial charge in [0.2, 0.25) is 0 Å². The van der Waals surface area contributed by atoms with Gasteiger partial charge in [-0.2, -0.15) is 5.10 Å². The third-order valence-electron chi connectivity index (χ3n) is 2.51. The van der Waals surface area contributed by atoms with Gasteiger partial charge in [0.05, 0.1) is 17.3 Å². The van der Waals surface area contributed by atoms with Gasteiger partial charge in [0.1, 0.15) is 5.82 Å². The van der Waals surface area contributed by atoms with Crippen molar-refractivity contribution in [3.63, 3.8) is 0 Å². The van der Waals surface area contributed by atoms with Gasteiger partial charge in [-0.15, -0.1) is 0 Å². The number of fused-ring (bicyclic) bond motifs is 1. The fourth-order valence-corrected chi connectivity index (χ4v) is 2.51. The van der Waals surface area contributed by atoms with E-state index in [4.69, 9.17) is 11.6 Å². The molecular formula is C12H6ClFIN3. The van der Waals surface area contributed by atoms with Gasteiger partial charge in [0, 0.05) is 14.8 Å². The lowest BCUT2D eigenvalue weighted by molar-refractivity contribution is 0.626. The molecule has 3 nitrogen and oxygen atoms in total. The van der Waals surface area contributed by atoms with Gasteiger partial charge in [-0.05, 0) is 46.9 Å². The highest BCUT2D eigenvalue weighted by atomic mass is 127. The molecule has 2 heterocycles. The van der Waals surface area contributed by atoms with Gasteiger partial charge in [-0.25, -0.2) is 14.1 Å². The van der Waals surface area contributed by atoms with Gasteiger partial charge < -0.3 is 0 Å². The molecule has 0 spiro atoms. The van der Waals surface area contributed by atoms with Crippen LogP contribution in [0.2, 0.25) is 5.02 Å². The van der Waals surface area contributed by atoms with Crippen molar-refractivity contribution >= 4 is 45.2 Å². The number of hydrogen-bond acceptors (Lipinski definition) is 2. The average molecular weight is 374 g/mol. The van der Waals surface area contributed by atoms with Gasteiger partial charge in [0.15, 0.2) is 5.65 Å². The minimum absolute atomic E-state index is 0.333. The summed E-state index contributed by atoms with van der Waals surface area (Å²) in [5.74, 6) is -0.397. The van der Waals surface area contributed by atoms with Crippen molar-refractivity contribution < 1.29 is 4.39 Å². The summed E-state index contributed by atoms with van der Waals surface area (Å²) in [5.41, 5.74) is 1.24. The van der Waals surface area contributed by atoms with E-state index in [1.54, 1.807) is 23.1 Å². The van der Waals surface area contributed by atoms with Gasteiger partial charge in [0.25, 0.3) is 0 Å². The van der Waals surface area contributed by atoms with E-state index in [1.165, 1.54) is 12.1 Å². The van der Waals surface area contributed by atoms with Crippen LogP contribution in [-0.2, 0) is 0 Å². The molecule has 0 amide bonds. The molecule has 0 aliphatic heterocycles. The zero-order chi connectivity index (χ0) is 12.7. The summed E-state index contributed by atoms with van der Waals surface area (Å²) in [4.78, 5) is 4.27. The Labute approximate surface area is 121 Å². The average Bonchev–Trinajstić information content (AvgIpc) is 2.73. The van der Waals surface area contributed by atoms with Gasteiger partial charge >= 0.3 is 0 Å². The van der Waals surface area contributed by atoms with E-state index in [-0.39, 0.29) is 0 Å². The molecule has 2 aromatic heterocycles. The molecule has 0 aliphatic rings. The minimum atomic E-state index is -0.397. The Hall–Kier alpha value is -1.21. The van der Waals surface area contributed by atoms with E-state index in [1.807, 2.05) is 6.07 Å². The Morgan fingerprint density at radius 1 is 1.28 bits per heavy atom. The third-order valence-corrected chi connectivity index (χ3v) is 3.67. The highest BCUT2D eigenvalue weighted by Gasteiger charge is 2.09. The van der Waals surface area contributed by atoms with Gasteiger partial charge in [-0.3, -0.25) is 0 Å². The normalized spacial score (nSPS) is 11.1. The standard InChI is InChI=1S/C12H6ClFIN3/c13-7-3-8(14)5-9(4-7)18-12-10(6-17-18)11(15)1-2-16-12/h1-6H. The smallest absolute Gasteiger partial charge is 0.163 e. The largest absolute Gasteiger partial charge is 0.236 e.